The van der Waals surface area contributed by atoms with E-state index in [-0.39, 0.29) is 5.69 Å². The molecular formula is C14H12N2O2. The van der Waals surface area contributed by atoms with Crippen LogP contribution in [0.15, 0.2) is 30.3 Å². The minimum Gasteiger partial charge on any atom is -0.476 e. The molecule has 2 aromatic rings. The number of carboxylic acid groups (broad SMARTS) is 1. The second kappa shape index (κ2) is 3.22. The number of benzene rings is 1. The minimum atomic E-state index is -0.926. The van der Waals surface area contributed by atoms with E-state index >= 15 is 0 Å². The normalized spacial score (nSPS) is 27.7. The molecule has 18 heavy (non-hydrogen) atoms. The maximum absolute atomic E-state index is 11.0. The molecule has 1 unspecified atom stereocenters. The van der Waals surface area contributed by atoms with Crippen LogP contribution < -0.4 is 0 Å². The summed E-state index contributed by atoms with van der Waals surface area (Å²) >= 11 is 0. The maximum atomic E-state index is 11.0. The van der Waals surface area contributed by atoms with Crippen LogP contribution in [0.25, 0.3) is 0 Å². The van der Waals surface area contributed by atoms with Crippen molar-refractivity contribution in [2.24, 2.45) is 5.92 Å². The average Bonchev–Trinajstić information content (AvgIpc) is 2.75. The summed E-state index contributed by atoms with van der Waals surface area (Å²) in [6.07, 6.45) is 0.845. The summed E-state index contributed by atoms with van der Waals surface area (Å²) in [5.41, 5.74) is 3.53. The van der Waals surface area contributed by atoms with Gasteiger partial charge in [-0.3, -0.25) is 5.10 Å². The summed E-state index contributed by atoms with van der Waals surface area (Å²) in [5, 5.41) is 15.9. The standard InChI is InChI=1S/C14H12N2O2/c17-14(18)13-9-6-8-10(7-4-2-1-3-5-7)11(8)12(9)15-16-13/h1-5,8,10-11H,6H2,(H,15,16)(H,17,18)/t8-,10?,11+/m0/s1. The largest absolute Gasteiger partial charge is 0.476 e. The molecule has 2 N–H and O–H groups in total. The Labute approximate surface area is 104 Å². The van der Waals surface area contributed by atoms with Crippen LogP contribution in [0.5, 0.6) is 0 Å². The quantitative estimate of drug-likeness (QED) is 0.845. The molecule has 0 saturated heterocycles. The number of aromatic nitrogens is 2. The molecule has 0 radical (unpaired) electrons. The third-order valence-corrected chi connectivity index (χ3v) is 4.23. The van der Waals surface area contributed by atoms with Gasteiger partial charge in [0.2, 0.25) is 0 Å². The van der Waals surface area contributed by atoms with Gasteiger partial charge in [0.05, 0.1) is 0 Å². The zero-order valence-corrected chi connectivity index (χ0v) is 9.63. The molecule has 1 heterocycles. The topological polar surface area (TPSA) is 66.0 Å². The van der Waals surface area contributed by atoms with Gasteiger partial charge in [0, 0.05) is 17.2 Å². The van der Waals surface area contributed by atoms with Crippen molar-refractivity contribution in [3.63, 3.8) is 0 Å². The zero-order valence-electron chi connectivity index (χ0n) is 9.63. The van der Waals surface area contributed by atoms with Gasteiger partial charge in [-0.15, -0.1) is 0 Å². The van der Waals surface area contributed by atoms with E-state index in [1.165, 1.54) is 5.56 Å². The van der Waals surface area contributed by atoms with Crippen LogP contribution >= 0.6 is 0 Å². The fourth-order valence-corrected chi connectivity index (χ4v) is 3.42. The Kier molecular flexibility index (Phi) is 1.77. The third-order valence-electron chi connectivity index (χ3n) is 4.23. The van der Waals surface area contributed by atoms with E-state index < -0.39 is 5.97 Å². The van der Waals surface area contributed by atoms with Gasteiger partial charge in [0.25, 0.3) is 0 Å². The van der Waals surface area contributed by atoms with Crippen LogP contribution in [-0.2, 0) is 6.42 Å². The third kappa shape index (κ3) is 1.15. The van der Waals surface area contributed by atoms with Crippen molar-refractivity contribution in [2.45, 2.75) is 18.3 Å². The highest BCUT2D eigenvalue weighted by atomic mass is 16.4. The van der Waals surface area contributed by atoms with Crippen molar-refractivity contribution in [2.75, 3.05) is 0 Å². The summed E-state index contributed by atoms with van der Waals surface area (Å²) in [7, 11) is 0. The van der Waals surface area contributed by atoms with Gasteiger partial charge < -0.3 is 5.11 Å². The van der Waals surface area contributed by atoms with Gasteiger partial charge in [-0.25, -0.2) is 4.79 Å². The zero-order chi connectivity index (χ0) is 12.3. The fourth-order valence-electron chi connectivity index (χ4n) is 3.42. The molecule has 1 saturated carbocycles. The van der Waals surface area contributed by atoms with E-state index in [2.05, 4.69) is 34.5 Å². The van der Waals surface area contributed by atoms with E-state index in [0.29, 0.717) is 17.8 Å². The number of hydrogen-bond donors (Lipinski definition) is 2. The number of H-pyrrole nitrogens is 1. The Morgan fingerprint density at radius 1 is 1.28 bits per heavy atom. The highest BCUT2D eigenvalue weighted by Crippen LogP contribution is 2.66. The van der Waals surface area contributed by atoms with Crippen LogP contribution in [0.2, 0.25) is 0 Å². The molecule has 0 aliphatic heterocycles. The van der Waals surface area contributed by atoms with Gasteiger partial charge in [-0.1, -0.05) is 30.3 Å². The molecule has 1 aromatic heterocycles. The first-order chi connectivity index (χ1) is 8.77. The Bertz CT molecular complexity index is 632. The van der Waals surface area contributed by atoms with Crippen molar-refractivity contribution >= 4 is 5.97 Å². The maximum Gasteiger partial charge on any atom is 0.356 e. The first-order valence-corrected chi connectivity index (χ1v) is 6.12. The predicted octanol–water partition coefficient (Wildman–Crippen LogP) is 2.16. The van der Waals surface area contributed by atoms with Crippen molar-refractivity contribution in [3.05, 3.63) is 52.8 Å². The van der Waals surface area contributed by atoms with Gasteiger partial charge >= 0.3 is 5.97 Å². The summed E-state index contributed by atoms with van der Waals surface area (Å²) < 4.78 is 0. The molecule has 4 nitrogen and oxygen atoms in total. The van der Waals surface area contributed by atoms with Gasteiger partial charge in [0.1, 0.15) is 0 Å². The number of rotatable bonds is 2. The van der Waals surface area contributed by atoms with Crippen molar-refractivity contribution in [1.82, 2.24) is 10.2 Å². The molecule has 2 aliphatic rings. The predicted molar refractivity (Wildman–Crippen MR) is 64.7 cm³/mol. The first-order valence-electron chi connectivity index (χ1n) is 6.12. The molecule has 2 aliphatic carbocycles. The second-order valence-electron chi connectivity index (χ2n) is 5.10. The van der Waals surface area contributed by atoms with Gasteiger partial charge in [-0.05, 0) is 23.8 Å². The molecule has 4 rings (SSSR count). The summed E-state index contributed by atoms with van der Waals surface area (Å²) in [6.45, 7) is 0. The van der Waals surface area contributed by atoms with Crippen LogP contribution in [-0.4, -0.2) is 21.3 Å². The van der Waals surface area contributed by atoms with E-state index in [1.807, 2.05) is 6.07 Å². The van der Waals surface area contributed by atoms with E-state index in [9.17, 15) is 4.79 Å². The highest BCUT2D eigenvalue weighted by Gasteiger charge is 2.58. The Morgan fingerprint density at radius 3 is 2.78 bits per heavy atom. The summed E-state index contributed by atoms with van der Waals surface area (Å²) in [4.78, 5) is 11.0. The molecular weight excluding hydrogens is 228 g/mol. The number of nitrogens with zero attached hydrogens (tertiary/aromatic N) is 1. The lowest BCUT2D eigenvalue weighted by atomic mass is 10.0. The second-order valence-corrected chi connectivity index (χ2v) is 5.10. The number of carboxylic acids is 1. The lowest BCUT2D eigenvalue weighted by Gasteiger charge is -2.03. The number of nitrogens with one attached hydrogen (secondary N) is 1. The Morgan fingerprint density at radius 2 is 2.06 bits per heavy atom. The average molecular weight is 240 g/mol. The van der Waals surface area contributed by atoms with Crippen LogP contribution in [0.1, 0.15) is 39.1 Å². The Balaban J connectivity index is 1.69. The molecule has 1 aromatic carbocycles. The number of aromatic amines is 1. The molecule has 90 valence electrons. The summed E-state index contributed by atoms with van der Waals surface area (Å²) in [5.74, 6) is 0.628. The molecule has 0 amide bonds. The van der Waals surface area contributed by atoms with Crippen molar-refractivity contribution < 1.29 is 9.90 Å². The van der Waals surface area contributed by atoms with E-state index in [1.54, 1.807) is 0 Å². The van der Waals surface area contributed by atoms with Gasteiger partial charge in [-0.2, -0.15) is 5.10 Å². The molecule has 0 bridgehead atoms. The minimum absolute atomic E-state index is 0.212. The number of hydrogen-bond acceptors (Lipinski definition) is 2. The molecule has 1 fully saturated rings. The number of carbonyl (C=O) groups is 1. The first kappa shape index (κ1) is 9.88. The molecule has 0 spiro atoms. The Hall–Kier alpha value is -2.10. The molecule has 3 atom stereocenters. The summed E-state index contributed by atoms with van der Waals surface area (Å²) in [6, 6.07) is 10.4. The van der Waals surface area contributed by atoms with Gasteiger partial charge in [0.15, 0.2) is 5.69 Å². The fraction of sp³-hybridized carbons (Fsp3) is 0.286. The van der Waals surface area contributed by atoms with Crippen LogP contribution in [0.4, 0.5) is 0 Å². The SMILES string of the molecule is O=C(O)c1n[nH]c2c1C[C@H]1C(c3ccccc3)[C@H]21. The lowest BCUT2D eigenvalue weighted by molar-refractivity contribution is 0.0689. The van der Waals surface area contributed by atoms with Crippen LogP contribution in [0, 0.1) is 5.92 Å². The number of aromatic carboxylic acids is 1. The van der Waals surface area contributed by atoms with Crippen molar-refractivity contribution in [3.8, 4) is 0 Å². The number of fused-ring (bicyclic) bond motifs is 3. The van der Waals surface area contributed by atoms with E-state index in [4.69, 9.17) is 5.11 Å². The highest BCUT2D eigenvalue weighted by molar-refractivity contribution is 5.88. The monoisotopic (exact) mass is 240 g/mol. The smallest absolute Gasteiger partial charge is 0.356 e. The van der Waals surface area contributed by atoms with Crippen molar-refractivity contribution in [1.29, 1.82) is 0 Å². The van der Waals surface area contributed by atoms with E-state index in [0.717, 1.165) is 17.7 Å². The molecule has 4 heteroatoms. The lowest BCUT2D eigenvalue weighted by Crippen LogP contribution is -2.02. The van der Waals surface area contributed by atoms with Crippen LogP contribution in [0.3, 0.4) is 0 Å².